The van der Waals surface area contributed by atoms with Crippen molar-refractivity contribution < 1.29 is 4.74 Å². The van der Waals surface area contributed by atoms with Crippen LogP contribution in [0.3, 0.4) is 0 Å². The highest BCUT2D eigenvalue weighted by molar-refractivity contribution is 5.51. The topological polar surface area (TPSA) is 103 Å². The minimum absolute atomic E-state index is 0.251. The van der Waals surface area contributed by atoms with E-state index in [1.807, 2.05) is 12.1 Å². The molecule has 0 saturated heterocycles. The van der Waals surface area contributed by atoms with Crippen LogP contribution in [0.1, 0.15) is 5.82 Å². The molecule has 0 atom stereocenters. The van der Waals surface area contributed by atoms with Gasteiger partial charge in [-0.15, -0.1) is 0 Å². The van der Waals surface area contributed by atoms with Crippen molar-refractivity contribution in [1.82, 2.24) is 25.1 Å². The van der Waals surface area contributed by atoms with Crippen molar-refractivity contribution in [2.45, 2.75) is 6.61 Å². The molecule has 100 valence electrons. The summed E-state index contributed by atoms with van der Waals surface area (Å²) in [6.45, 7) is 0.251. The molecule has 3 N–H and O–H groups in total. The third-order valence-corrected chi connectivity index (χ3v) is 2.61. The van der Waals surface area contributed by atoms with Gasteiger partial charge in [0.05, 0.1) is 11.9 Å². The molecule has 0 unspecified atom stereocenters. The van der Waals surface area contributed by atoms with Gasteiger partial charge in [-0.05, 0) is 12.1 Å². The smallest absolute Gasteiger partial charge is 0.201 e. The maximum Gasteiger partial charge on any atom is 0.201 e. The second-order valence-corrected chi connectivity index (χ2v) is 4.02. The summed E-state index contributed by atoms with van der Waals surface area (Å²) in [5.41, 5.74) is 6.98. The van der Waals surface area contributed by atoms with Gasteiger partial charge in [-0.3, -0.25) is 10.1 Å². The second kappa shape index (κ2) is 5.35. The second-order valence-electron chi connectivity index (χ2n) is 4.02. The summed E-state index contributed by atoms with van der Waals surface area (Å²) in [4.78, 5) is 12.4. The molecule has 0 bridgehead atoms. The van der Waals surface area contributed by atoms with Gasteiger partial charge in [0.2, 0.25) is 5.82 Å². The van der Waals surface area contributed by atoms with E-state index in [0.29, 0.717) is 28.8 Å². The predicted molar refractivity (Wildman–Crippen MR) is 72.6 cm³/mol. The van der Waals surface area contributed by atoms with Gasteiger partial charge in [0.1, 0.15) is 18.1 Å². The number of hydrogen-bond donors (Lipinski definition) is 2. The number of H-pyrrole nitrogens is 1. The first-order valence-electron chi connectivity index (χ1n) is 5.98. The molecular formula is C13H12N6O. The van der Waals surface area contributed by atoms with Gasteiger partial charge in [0.25, 0.3) is 0 Å². The number of nitrogens with two attached hydrogens (primary N) is 1. The Labute approximate surface area is 114 Å². The first kappa shape index (κ1) is 12.1. The summed E-state index contributed by atoms with van der Waals surface area (Å²) in [7, 11) is 0. The number of nitrogens with one attached hydrogen (secondary N) is 1. The summed E-state index contributed by atoms with van der Waals surface area (Å²) < 4.78 is 5.58. The molecule has 0 radical (unpaired) electrons. The van der Waals surface area contributed by atoms with E-state index >= 15 is 0 Å². The van der Waals surface area contributed by atoms with Gasteiger partial charge < -0.3 is 10.5 Å². The molecule has 0 amide bonds. The fourth-order valence-electron chi connectivity index (χ4n) is 1.65. The fraction of sp³-hybridized carbons (Fsp3) is 0.0769. The Morgan fingerprint density at radius 1 is 1.20 bits per heavy atom. The number of anilines is 1. The van der Waals surface area contributed by atoms with Crippen LogP contribution in [0.15, 0.2) is 42.9 Å². The third kappa shape index (κ3) is 2.56. The first-order chi connectivity index (χ1) is 9.83. The number of benzene rings is 1. The van der Waals surface area contributed by atoms with E-state index in [0.717, 1.165) is 0 Å². The summed E-state index contributed by atoms with van der Waals surface area (Å²) in [6, 6.07) is 7.29. The largest absolute Gasteiger partial charge is 0.483 e. The summed E-state index contributed by atoms with van der Waals surface area (Å²) in [5, 5.41) is 6.87. The molecule has 20 heavy (non-hydrogen) atoms. The number of aromatic nitrogens is 5. The monoisotopic (exact) mass is 268 g/mol. The highest BCUT2D eigenvalue weighted by atomic mass is 16.5. The normalized spacial score (nSPS) is 10.4. The number of nitrogen functional groups attached to an aromatic ring is 1. The van der Waals surface area contributed by atoms with Crippen LogP contribution < -0.4 is 10.5 Å². The lowest BCUT2D eigenvalue weighted by Gasteiger charge is -2.05. The Kier molecular flexibility index (Phi) is 3.24. The Bertz CT molecular complexity index is 697. The van der Waals surface area contributed by atoms with Crippen molar-refractivity contribution in [3.8, 4) is 17.3 Å². The zero-order valence-electron chi connectivity index (χ0n) is 10.5. The number of ether oxygens (including phenoxy) is 1. The van der Waals surface area contributed by atoms with Crippen LogP contribution in [0, 0.1) is 0 Å². The third-order valence-electron chi connectivity index (χ3n) is 2.61. The Hall–Kier alpha value is -2.96. The lowest BCUT2D eigenvalue weighted by atomic mass is 10.3. The van der Waals surface area contributed by atoms with E-state index in [1.54, 1.807) is 30.7 Å². The molecule has 0 aliphatic carbocycles. The number of nitrogens with zero attached hydrogens (tertiary/aromatic N) is 4. The van der Waals surface area contributed by atoms with E-state index < -0.39 is 0 Å². The van der Waals surface area contributed by atoms with Crippen LogP contribution in [-0.4, -0.2) is 25.1 Å². The fourth-order valence-corrected chi connectivity index (χ4v) is 1.65. The quantitative estimate of drug-likeness (QED) is 0.694. The maximum absolute atomic E-state index is 5.79. The van der Waals surface area contributed by atoms with Crippen molar-refractivity contribution in [3.05, 3.63) is 48.7 Å². The molecule has 0 aliphatic rings. The van der Waals surface area contributed by atoms with Gasteiger partial charge in [-0.2, -0.15) is 5.10 Å². The van der Waals surface area contributed by atoms with Crippen molar-refractivity contribution in [3.63, 3.8) is 0 Å². The van der Waals surface area contributed by atoms with E-state index in [9.17, 15) is 0 Å². The maximum atomic E-state index is 5.79. The first-order valence-corrected chi connectivity index (χ1v) is 5.98. The zero-order chi connectivity index (χ0) is 13.8. The van der Waals surface area contributed by atoms with Crippen molar-refractivity contribution in [2.75, 3.05) is 5.73 Å². The highest BCUT2D eigenvalue weighted by Crippen LogP contribution is 2.20. The van der Waals surface area contributed by atoms with E-state index in [2.05, 4.69) is 25.1 Å². The number of para-hydroxylation sites is 2. The zero-order valence-corrected chi connectivity index (χ0v) is 10.5. The molecule has 3 rings (SSSR count). The van der Waals surface area contributed by atoms with Gasteiger partial charge in [-0.25, -0.2) is 9.97 Å². The molecule has 0 saturated carbocycles. The Morgan fingerprint density at radius 3 is 2.90 bits per heavy atom. The molecule has 7 nitrogen and oxygen atoms in total. The van der Waals surface area contributed by atoms with E-state index in [-0.39, 0.29) is 6.61 Å². The average molecular weight is 268 g/mol. The molecule has 2 heterocycles. The number of hydrogen-bond acceptors (Lipinski definition) is 6. The van der Waals surface area contributed by atoms with Gasteiger partial charge in [0.15, 0.2) is 5.82 Å². The van der Waals surface area contributed by atoms with Crippen LogP contribution in [0.25, 0.3) is 11.5 Å². The molecule has 0 fully saturated rings. The van der Waals surface area contributed by atoms with Crippen LogP contribution >= 0.6 is 0 Å². The molecule has 3 aromatic rings. The highest BCUT2D eigenvalue weighted by Gasteiger charge is 2.08. The molecule has 0 aliphatic heterocycles. The van der Waals surface area contributed by atoms with E-state index in [1.165, 1.54) is 0 Å². The molecule has 1 aromatic carbocycles. The van der Waals surface area contributed by atoms with Crippen molar-refractivity contribution in [1.29, 1.82) is 0 Å². The minimum Gasteiger partial charge on any atom is -0.483 e. The Morgan fingerprint density at radius 2 is 2.10 bits per heavy atom. The van der Waals surface area contributed by atoms with Crippen molar-refractivity contribution in [2.24, 2.45) is 0 Å². The van der Waals surface area contributed by atoms with Crippen LogP contribution in [-0.2, 0) is 6.61 Å². The summed E-state index contributed by atoms with van der Waals surface area (Å²) in [5.74, 6) is 1.69. The molecule has 7 heteroatoms. The number of aromatic amines is 1. The van der Waals surface area contributed by atoms with E-state index in [4.69, 9.17) is 10.5 Å². The van der Waals surface area contributed by atoms with Crippen molar-refractivity contribution >= 4 is 5.69 Å². The van der Waals surface area contributed by atoms with Gasteiger partial charge in [-0.1, -0.05) is 12.1 Å². The predicted octanol–water partition coefficient (Wildman–Crippen LogP) is 1.42. The molecule has 0 spiro atoms. The Balaban J connectivity index is 1.71. The standard InChI is InChI=1S/C13H12N6O/c14-9-3-1-2-4-11(9)20-8-12-17-13(19-18-12)10-7-15-5-6-16-10/h1-7H,8,14H2,(H,17,18,19). The van der Waals surface area contributed by atoms with Gasteiger partial charge in [0, 0.05) is 12.4 Å². The van der Waals surface area contributed by atoms with Crippen LogP contribution in [0.4, 0.5) is 5.69 Å². The summed E-state index contributed by atoms with van der Waals surface area (Å²) in [6.07, 6.45) is 4.79. The summed E-state index contributed by atoms with van der Waals surface area (Å²) >= 11 is 0. The average Bonchev–Trinajstić information content (AvgIpc) is 2.96. The lowest BCUT2D eigenvalue weighted by molar-refractivity contribution is 0.298. The number of rotatable bonds is 4. The minimum atomic E-state index is 0.251. The molecular weight excluding hydrogens is 256 g/mol. The van der Waals surface area contributed by atoms with Gasteiger partial charge >= 0.3 is 0 Å². The van der Waals surface area contributed by atoms with Crippen LogP contribution in [0.2, 0.25) is 0 Å². The lowest BCUT2D eigenvalue weighted by Crippen LogP contribution is -2.00. The molecule has 2 aromatic heterocycles. The SMILES string of the molecule is Nc1ccccc1OCc1nc(-c2cnccn2)n[nH]1. The van der Waals surface area contributed by atoms with Crippen LogP contribution in [0.5, 0.6) is 5.75 Å².